The van der Waals surface area contributed by atoms with Gasteiger partial charge in [0.05, 0.1) is 6.07 Å². The molecule has 6 nitrogen and oxygen atoms in total. The van der Waals surface area contributed by atoms with Crippen LogP contribution in [0.1, 0.15) is 12.8 Å². The van der Waals surface area contributed by atoms with E-state index in [0.29, 0.717) is 11.3 Å². The zero-order valence-electron chi connectivity index (χ0n) is 6.67. The van der Waals surface area contributed by atoms with Gasteiger partial charge in [-0.05, 0) is 12.8 Å². The number of amides is 1. The Balaban J connectivity index is 2.86. The third kappa shape index (κ3) is 1.54. The summed E-state index contributed by atoms with van der Waals surface area (Å²) in [6.07, 6.45) is -0.851. The fraction of sp³-hybridized carbons (Fsp3) is 0.571. The molecule has 70 valence electrons. The van der Waals surface area contributed by atoms with E-state index in [2.05, 4.69) is 0 Å². The fourth-order valence-electron chi connectivity index (χ4n) is 1.45. The molecule has 0 aromatic heterocycles. The van der Waals surface area contributed by atoms with Crippen molar-refractivity contribution >= 4 is 12.1 Å². The minimum atomic E-state index is -1.35. The van der Waals surface area contributed by atoms with Gasteiger partial charge in [0.2, 0.25) is 0 Å². The van der Waals surface area contributed by atoms with Crippen LogP contribution in [0.25, 0.3) is 0 Å². The van der Waals surface area contributed by atoms with E-state index in [-0.39, 0.29) is 6.42 Å². The summed E-state index contributed by atoms with van der Waals surface area (Å²) in [5, 5.41) is 25.8. The molecule has 1 rings (SSSR count). The van der Waals surface area contributed by atoms with E-state index < -0.39 is 24.1 Å². The lowest BCUT2D eigenvalue weighted by Gasteiger charge is -2.20. The summed E-state index contributed by atoms with van der Waals surface area (Å²) in [5.74, 6) is -1.19. The quantitative estimate of drug-likeness (QED) is 0.602. The molecule has 0 spiro atoms. The van der Waals surface area contributed by atoms with E-state index in [4.69, 9.17) is 15.5 Å². The standard InChI is InChI=1S/C7H8N2O4/c8-3-4-1-2-5(6(10)11)9(4)7(12)13/h4-5H,1-2H2,(H,10,11)(H,12,13)/t4-,5+/m1/s1. The van der Waals surface area contributed by atoms with Gasteiger partial charge in [-0.3, -0.25) is 4.90 Å². The average molecular weight is 184 g/mol. The number of hydrogen-bond acceptors (Lipinski definition) is 3. The lowest BCUT2D eigenvalue weighted by atomic mass is 10.2. The minimum Gasteiger partial charge on any atom is -0.480 e. The van der Waals surface area contributed by atoms with Gasteiger partial charge in [-0.1, -0.05) is 0 Å². The molecular formula is C7H8N2O4. The van der Waals surface area contributed by atoms with E-state index in [9.17, 15) is 9.59 Å². The Morgan fingerprint density at radius 2 is 2.00 bits per heavy atom. The average Bonchev–Trinajstić information content (AvgIpc) is 2.46. The van der Waals surface area contributed by atoms with Gasteiger partial charge in [-0.25, -0.2) is 9.59 Å². The van der Waals surface area contributed by atoms with Crippen molar-refractivity contribution in [2.75, 3.05) is 0 Å². The Hall–Kier alpha value is -1.77. The molecule has 1 aliphatic heterocycles. The van der Waals surface area contributed by atoms with Crippen molar-refractivity contribution in [3.63, 3.8) is 0 Å². The van der Waals surface area contributed by atoms with Crippen molar-refractivity contribution in [1.82, 2.24) is 4.90 Å². The largest absolute Gasteiger partial charge is 0.480 e. The number of carboxylic acids is 1. The molecule has 6 heteroatoms. The van der Waals surface area contributed by atoms with Crippen LogP contribution in [0.4, 0.5) is 4.79 Å². The molecule has 0 bridgehead atoms. The molecule has 1 aliphatic rings. The van der Waals surface area contributed by atoms with Crippen molar-refractivity contribution in [2.45, 2.75) is 24.9 Å². The molecule has 0 radical (unpaired) electrons. The topological polar surface area (TPSA) is 102 Å². The molecule has 0 aromatic carbocycles. The van der Waals surface area contributed by atoms with Gasteiger partial charge in [0.25, 0.3) is 0 Å². The highest BCUT2D eigenvalue weighted by Crippen LogP contribution is 2.23. The molecule has 1 saturated heterocycles. The number of aliphatic carboxylic acids is 1. The third-order valence-electron chi connectivity index (χ3n) is 2.04. The van der Waals surface area contributed by atoms with Crippen molar-refractivity contribution < 1.29 is 19.8 Å². The van der Waals surface area contributed by atoms with Crippen LogP contribution in [0.5, 0.6) is 0 Å². The minimum absolute atomic E-state index is 0.208. The maximum atomic E-state index is 10.6. The number of carboxylic acid groups (broad SMARTS) is 2. The Labute approximate surface area is 74.0 Å². The first kappa shape index (κ1) is 9.32. The lowest BCUT2D eigenvalue weighted by molar-refractivity contribution is -0.141. The SMILES string of the molecule is N#C[C@H]1CC[C@@H](C(=O)O)N1C(=O)O. The Bertz CT molecular complexity index is 283. The number of carbonyl (C=O) groups is 2. The van der Waals surface area contributed by atoms with Crippen LogP contribution in [0.15, 0.2) is 0 Å². The van der Waals surface area contributed by atoms with Crippen LogP contribution in [0.2, 0.25) is 0 Å². The third-order valence-corrected chi connectivity index (χ3v) is 2.04. The van der Waals surface area contributed by atoms with Crippen molar-refractivity contribution in [3.8, 4) is 6.07 Å². The summed E-state index contributed by atoms with van der Waals surface area (Å²) < 4.78 is 0. The van der Waals surface area contributed by atoms with Crippen LogP contribution in [0.3, 0.4) is 0 Å². The van der Waals surface area contributed by atoms with Crippen LogP contribution in [0, 0.1) is 11.3 Å². The second-order valence-corrected chi connectivity index (χ2v) is 2.77. The van der Waals surface area contributed by atoms with E-state index in [1.807, 2.05) is 0 Å². The number of rotatable bonds is 1. The second-order valence-electron chi connectivity index (χ2n) is 2.77. The first-order valence-corrected chi connectivity index (χ1v) is 3.71. The maximum absolute atomic E-state index is 10.6. The lowest BCUT2D eigenvalue weighted by Crippen LogP contribution is -2.43. The normalized spacial score (nSPS) is 26.8. The zero-order valence-corrected chi connectivity index (χ0v) is 6.67. The van der Waals surface area contributed by atoms with Gasteiger partial charge in [0, 0.05) is 0 Å². The van der Waals surface area contributed by atoms with Gasteiger partial charge in [-0.15, -0.1) is 0 Å². The van der Waals surface area contributed by atoms with E-state index in [1.165, 1.54) is 0 Å². The monoisotopic (exact) mass is 184 g/mol. The highest BCUT2D eigenvalue weighted by atomic mass is 16.4. The summed E-state index contributed by atoms with van der Waals surface area (Å²) >= 11 is 0. The molecule has 0 saturated carbocycles. The highest BCUT2D eigenvalue weighted by Gasteiger charge is 2.41. The molecule has 0 aromatic rings. The van der Waals surface area contributed by atoms with E-state index >= 15 is 0 Å². The molecule has 1 amide bonds. The predicted octanol–water partition coefficient (Wildman–Crippen LogP) is 0.106. The maximum Gasteiger partial charge on any atom is 0.409 e. The zero-order chi connectivity index (χ0) is 10.0. The summed E-state index contributed by atoms with van der Waals surface area (Å²) in [5.41, 5.74) is 0. The molecule has 0 aliphatic carbocycles. The highest BCUT2D eigenvalue weighted by molar-refractivity contribution is 5.80. The first-order valence-electron chi connectivity index (χ1n) is 3.71. The van der Waals surface area contributed by atoms with E-state index in [1.54, 1.807) is 6.07 Å². The van der Waals surface area contributed by atoms with E-state index in [0.717, 1.165) is 0 Å². The molecule has 2 atom stereocenters. The number of hydrogen-bond donors (Lipinski definition) is 2. The number of likely N-dealkylation sites (tertiary alicyclic amines) is 1. The summed E-state index contributed by atoms with van der Waals surface area (Å²) in [6.45, 7) is 0. The van der Waals surface area contributed by atoms with Crippen LogP contribution >= 0.6 is 0 Å². The molecule has 1 fully saturated rings. The van der Waals surface area contributed by atoms with Crippen LogP contribution < -0.4 is 0 Å². The van der Waals surface area contributed by atoms with Crippen LogP contribution in [-0.4, -0.2) is 39.3 Å². The predicted molar refractivity (Wildman–Crippen MR) is 39.9 cm³/mol. The van der Waals surface area contributed by atoms with Gasteiger partial charge in [0.15, 0.2) is 0 Å². The summed E-state index contributed by atoms with van der Waals surface area (Å²) in [4.78, 5) is 21.9. The first-order chi connectivity index (χ1) is 6.07. The molecule has 0 unspecified atom stereocenters. The number of nitriles is 1. The molecular weight excluding hydrogens is 176 g/mol. The van der Waals surface area contributed by atoms with Crippen LogP contribution in [-0.2, 0) is 4.79 Å². The van der Waals surface area contributed by atoms with Gasteiger partial charge < -0.3 is 10.2 Å². The van der Waals surface area contributed by atoms with Gasteiger partial charge in [-0.2, -0.15) is 5.26 Å². The summed E-state index contributed by atoms with van der Waals surface area (Å²) in [7, 11) is 0. The molecule has 2 N–H and O–H groups in total. The molecule has 1 heterocycles. The van der Waals surface area contributed by atoms with Crippen molar-refractivity contribution in [2.24, 2.45) is 0 Å². The van der Waals surface area contributed by atoms with Gasteiger partial charge >= 0.3 is 12.1 Å². The Morgan fingerprint density at radius 1 is 1.38 bits per heavy atom. The number of nitrogens with zero attached hydrogens (tertiary/aromatic N) is 2. The van der Waals surface area contributed by atoms with Crippen molar-refractivity contribution in [3.05, 3.63) is 0 Å². The van der Waals surface area contributed by atoms with Crippen molar-refractivity contribution in [1.29, 1.82) is 5.26 Å². The molecule has 13 heavy (non-hydrogen) atoms. The van der Waals surface area contributed by atoms with Gasteiger partial charge in [0.1, 0.15) is 12.1 Å². The second kappa shape index (κ2) is 3.31. The smallest absolute Gasteiger partial charge is 0.409 e. The Kier molecular flexibility index (Phi) is 2.37. The fourth-order valence-corrected chi connectivity index (χ4v) is 1.45. The Morgan fingerprint density at radius 3 is 2.38 bits per heavy atom. The summed E-state index contributed by atoms with van der Waals surface area (Å²) in [6, 6.07) is -0.126.